The number of esters is 2. The highest BCUT2D eigenvalue weighted by Crippen LogP contribution is 2.59. The number of pyridine rings is 4. The van der Waals surface area contributed by atoms with Crippen molar-refractivity contribution in [2.24, 2.45) is 58.2 Å². The summed E-state index contributed by atoms with van der Waals surface area (Å²) in [6, 6.07) is 19.5. The van der Waals surface area contributed by atoms with Crippen LogP contribution in [-0.4, -0.2) is 179 Å². The summed E-state index contributed by atoms with van der Waals surface area (Å²) in [7, 11) is -4.74. The normalized spacial score (nSPS) is 28.3. The molecule has 4 aliphatic carbocycles. The van der Waals surface area contributed by atoms with Crippen molar-refractivity contribution in [3.63, 3.8) is 0 Å². The summed E-state index contributed by atoms with van der Waals surface area (Å²) in [6.45, 7) is 15.2. The number of carbonyl (C=O) groups excluding carboxylic acids is 8. The van der Waals surface area contributed by atoms with Gasteiger partial charge in [-0.05, 0) is 253 Å². The number of sulfonamides is 2. The van der Waals surface area contributed by atoms with Gasteiger partial charge in [0.2, 0.25) is 67.2 Å². The smallest absolute Gasteiger partial charge is 0.307 e. The molecule has 8 heterocycles. The molecule has 6 aromatic rings. The van der Waals surface area contributed by atoms with Gasteiger partial charge in [0, 0.05) is 80.3 Å². The van der Waals surface area contributed by atoms with Crippen LogP contribution in [0.25, 0.3) is 44.1 Å². The monoisotopic (exact) mass is 1780 g/mol. The highest BCUT2D eigenvalue weighted by molar-refractivity contribution is 7.91. The largest absolute Gasteiger partial charge is 0.497 e. The Hall–Kier alpha value is -10.1. The number of methoxy groups -OCH3 is 2. The summed E-state index contributed by atoms with van der Waals surface area (Å²) < 4.78 is 152. The molecular formula is C96H124N8O20S2. The number of ether oxygens (including phenoxy) is 8. The Labute approximate surface area is 748 Å². The van der Waals surface area contributed by atoms with E-state index in [2.05, 4.69) is 33.3 Å². The van der Waals surface area contributed by atoms with Crippen LogP contribution in [0.1, 0.15) is 221 Å². The summed E-state index contributed by atoms with van der Waals surface area (Å²) >= 11 is 0. The Morgan fingerprint density at radius 2 is 0.929 bits per heavy atom. The summed E-state index contributed by atoms with van der Waals surface area (Å²) in [5.74, 6) is -6.01. The van der Waals surface area contributed by atoms with E-state index < -0.39 is 186 Å². The van der Waals surface area contributed by atoms with Gasteiger partial charge in [0.1, 0.15) is 34.9 Å². The number of hydrogen-bond donors (Lipinski definition) is 2. The minimum Gasteiger partial charge on any atom is -0.497 e. The lowest BCUT2D eigenvalue weighted by Crippen LogP contribution is -2.47. The van der Waals surface area contributed by atoms with E-state index in [0.717, 1.165) is 23.6 Å². The highest BCUT2D eigenvalue weighted by atomic mass is 32.2. The van der Waals surface area contributed by atoms with Gasteiger partial charge in [-0.15, -0.1) is 0 Å². The quantitative estimate of drug-likeness (QED) is 0.0471. The van der Waals surface area contributed by atoms with Crippen LogP contribution in [0, 0.1) is 58.2 Å². The van der Waals surface area contributed by atoms with Gasteiger partial charge in [0.15, 0.2) is 11.6 Å². The molecule has 4 aliphatic heterocycles. The highest BCUT2D eigenvalue weighted by Gasteiger charge is 2.64. The van der Waals surface area contributed by atoms with Gasteiger partial charge in [0.05, 0.1) is 109 Å². The van der Waals surface area contributed by atoms with Gasteiger partial charge >= 0.3 is 11.9 Å². The summed E-state index contributed by atoms with van der Waals surface area (Å²) in [4.78, 5) is 137. The van der Waals surface area contributed by atoms with Crippen LogP contribution in [0.2, 0.25) is 0 Å². The molecule has 126 heavy (non-hydrogen) atoms. The van der Waals surface area contributed by atoms with E-state index in [0.29, 0.717) is 108 Å². The van der Waals surface area contributed by atoms with Crippen molar-refractivity contribution in [2.75, 3.05) is 27.3 Å². The summed E-state index contributed by atoms with van der Waals surface area (Å²) in [5, 5.41) is 1.44. The first-order chi connectivity index (χ1) is 62.0. The van der Waals surface area contributed by atoms with Gasteiger partial charge < -0.3 is 47.7 Å². The first kappa shape index (κ1) is 85.3. The molecule has 0 spiro atoms. The van der Waals surface area contributed by atoms with Crippen molar-refractivity contribution in [1.29, 1.82) is 0 Å². The third-order valence-corrected chi connectivity index (χ3v) is 28.8. The molecule has 28 nitrogen and oxygen atoms in total. The zero-order valence-corrected chi connectivity index (χ0v) is 76.1. The van der Waals surface area contributed by atoms with Crippen LogP contribution in [0.5, 0.6) is 35.0 Å². The van der Waals surface area contributed by atoms with E-state index in [-0.39, 0.29) is 87.4 Å². The van der Waals surface area contributed by atoms with Crippen molar-refractivity contribution in [1.82, 2.24) is 39.2 Å². The molecule has 2 saturated heterocycles. The number of Topliss-reactive ketones (excluding diaryl/α,β-unsaturated/α-hetero) is 2. The van der Waals surface area contributed by atoms with Crippen molar-refractivity contribution in [3.05, 3.63) is 109 Å². The van der Waals surface area contributed by atoms with E-state index in [1.165, 1.54) is 37.5 Å². The number of allylic oxidation sites excluding steroid dienone is 4. The molecule has 6 fully saturated rings. The number of ketones is 2. The predicted molar refractivity (Wildman–Crippen MR) is 475 cm³/mol. The van der Waals surface area contributed by atoms with Gasteiger partial charge in [-0.2, -0.15) is 0 Å². The molecule has 0 bridgehead atoms. The summed E-state index contributed by atoms with van der Waals surface area (Å²) in [6.07, 6.45) is 13.9. The fraction of sp³-hybridized carbons (Fsp3) is 0.583. The van der Waals surface area contributed by atoms with Gasteiger partial charge in [-0.25, -0.2) is 36.8 Å². The molecule has 2 N–H and O–H groups in total. The van der Waals surface area contributed by atoms with Gasteiger partial charge in [0.25, 0.3) is 0 Å². The molecule has 4 aromatic heterocycles. The fourth-order valence-electron chi connectivity index (χ4n) is 18.1. The van der Waals surface area contributed by atoms with E-state index in [9.17, 15) is 45.6 Å². The molecule has 4 amide bonds. The van der Waals surface area contributed by atoms with E-state index >= 15 is 9.59 Å². The van der Waals surface area contributed by atoms with Crippen LogP contribution >= 0.6 is 0 Å². The molecule has 0 radical (unpaired) electrons. The predicted octanol–water partition coefficient (Wildman–Crippen LogP) is 14.8. The molecule has 30 heteroatoms. The maximum atomic E-state index is 15.2. The molecule has 4 saturated carbocycles. The Morgan fingerprint density at radius 1 is 0.540 bits per heavy atom. The van der Waals surface area contributed by atoms with Crippen LogP contribution in [0.3, 0.4) is 0 Å². The lowest BCUT2D eigenvalue weighted by molar-refractivity contribution is -0.160. The Balaban J connectivity index is 0.000000224. The number of nitrogens with zero attached hydrogens (tertiary/aromatic N) is 6. The minimum absolute atomic E-state index is 0.00350. The first-order valence-corrected chi connectivity index (χ1v) is 47.2. The molecule has 14 rings (SSSR count). The molecule has 0 unspecified atom stereocenters. The van der Waals surface area contributed by atoms with E-state index in [4.69, 9.17) is 56.1 Å². The Bertz CT molecular complexity index is 5290. The number of benzene rings is 2. The maximum Gasteiger partial charge on any atom is 0.307 e. The van der Waals surface area contributed by atoms with Crippen molar-refractivity contribution < 1.29 is 101 Å². The number of fused-ring (bicyclic) bond motifs is 6. The van der Waals surface area contributed by atoms with Gasteiger partial charge in [-0.1, -0.05) is 52.0 Å². The van der Waals surface area contributed by atoms with Crippen LogP contribution in [-0.2, 0) is 67.9 Å². The third-order valence-electron chi connectivity index (χ3n) is 25.2. The van der Waals surface area contributed by atoms with Gasteiger partial charge in [-0.3, -0.25) is 47.8 Å². The zero-order chi connectivity index (χ0) is 95.9. The molecule has 14 atom stereocenters. The molecule has 8 aliphatic rings. The second kappa shape index (κ2) is 38.1. The third kappa shape index (κ3) is 22.9. The second-order valence-electron chi connectivity index (χ2n) is 37.7. The van der Waals surface area contributed by atoms with Crippen LogP contribution < -0.4 is 37.9 Å². The number of nitrogens with one attached hydrogen (secondary N) is 2. The Morgan fingerprint density at radius 3 is 1.27 bits per heavy atom. The SMILES string of the molecule is [2H]C([2H])([2H])C(C)(C)OC(=O)C[C@@H]1C(=O)N2C[C@H](Oc3nc(-c4ccc(OC(C)C)nc4)cc4cc(OC)ccc34)C[C@H]2C(=O)C[C@]2(C(=O)NS(=O)(=O)C3CC3)C[C@H]2/C=C\CC[C@@H](C)C[C@H]1C.[2H]C([2H])([2H])C(C)(C)OC(=O)C[C@@H]1C(=O)N2C[C@H](Oc3nc(-c4ccc(OC(C)C)nc4)cc4cc(OC)ccc34)C[C@H]2C(=O)C[C@]2(C(=O)NS(=O)(=O)C3CC3)C[C@H]2/C=C\CC[C@H](C)C[C@H]1C. The van der Waals surface area contributed by atoms with Crippen LogP contribution in [0.4, 0.5) is 0 Å². The molecular weight excluding hydrogens is 1650 g/mol. The maximum absolute atomic E-state index is 15.2. The number of carbonyl (C=O) groups is 8. The number of rotatable bonds is 22. The number of hydrogen-bond acceptors (Lipinski definition) is 24. The average Bonchev–Trinajstić information content (AvgIpc) is 1.57. The fourth-order valence-corrected chi connectivity index (χ4v) is 20.9. The summed E-state index contributed by atoms with van der Waals surface area (Å²) in [5.41, 5.74) is -3.97. The topological polar surface area (TPSA) is 361 Å². The lowest BCUT2D eigenvalue weighted by atomic mass is 9.82. The van der Waals surface area contributed by atoms with E-state index in [1.807, 2.05) is 114 Å². The minimum atomic E-state index is -3.93. The van der Waals surface area contributed by atoms with Crippen LogP contribution in [0.15, 0.2) is 109 Å². The van der Waals surface area contributed by atoms with Crippen molar-refractivity contribution in [3.8, 4) is 57.5 Å². The second-order valence-corrected chi connectivity index (χ2v) is 41.6. The first-order valence-electron chi connectivity index (χ1n) is 47.1. The molecule has 680 valence electrons. The lowest BCUT2D eigenvalue weighted by Gasteiger charge is -2.32. The standard InChI is InChI=1S/2C48H62N4O10S/c2*1-28(2)60-42-18-13-31(26-49-42)39-21-32-20-34(59-8)14-17-37(32)44(50-39)61-35-22-40-41(53)25-48(46(56)51-63(57,58)36-15-16-36)24-33(48)12-10-9-11-29(3)19-30(4)38(45(55)52(40)27-35)23-43(54)62-47(5,6)7/h2*10,12-14,17-18,20-21,26,28-30,33,35-36,38,40H,9,11,15-16,19,22-25,27H2,1-8H3,(H,51,56)/b2*12-10-/t29-,30+,33+,35+,38-,40-,48+;29-,30-,33-,35-,38+,40+,48-/m01/s1/i2*5D3. The number of amides is 4. The molecule has 2 aromatic carbocycles. The van der Waals surface area contributed by atoms with Crippen molar-refractivity contribution in [2.45, 2.75) is 271 Å². The average molecular weight is 1780 g/mol. The van der Waals surface area contributed by atoms with Crippen molar-refractivity contribution >= 4 is 88.7 Å². The zero-order valence-electron chi connectivity index (χ0n) is 80.4. The van der Waals surface area contributed by atoms with E-state index in [1.54, 1.807) is 50.9 Å². The Kier molecular flexibility index (Phi) is 25.8. The number of aromatic nitrogens is 4.